The highest BCUT2D eigenvalue weighted by Gasteiger charge is 2.46. The third kappa shape index (κ3) is 5.22. The van der Waals surface area contributed by atoms with Crippen molar-refractivity contribution in [3.63, 3.8) is 0 Å². The predicted molar refractivity (Wildman–Crippen MR) is 127 cm³/mol. The van der Waals surface area contributed by atoms with Gasteiger partial charge in [-0.15, -0.1) is 0 Å². The Morgan fingerprint density at radius 1 is 1.09 bits per heavy atom. The van der Waals surface area contributed by atoms with Crippen LogP contribution in [0.1, 0.15) is 32.1 Å². The Hall–Kier alpha value is -3.26. The monoisotopic (exact) mass is 470 g/mol. The van der Waals surface area contributed by atoms with Crippen LogP contribution in [0.5, 0.6) is 5.75 Å². The topological polar surface area (TPSA) is 99.8 Å². The third-order valence-electron chi connectivity index (χ3n) is 6.14. The molecule has 2 aromatic rings. The van der Waals surface area contributed by atoms with Crippen LogP contribution in [0, 0.1) is 0 Å². The molecular weight excluding hydrogens is 444 g/mol. The Morgan fingerprint density at radius 3 is 2.58 bits per heavy atom. The summed E-state index contributed by atoms with van der Waals surface area (Å²) in [5, 5.41) is 9.25. The molecule has 33 heavy (non-hydrogen) atoms. The van der Waals surface area contributed by atoms with Crippen LogP contribution >= 0.6 is 11.6 Å². The highest BCUT2D eigenvalue weighted by molar-refractivity contribution is 6.30. The van der Waals surface area contributed by atoms with Gasteiger partial charge >= 0.3 is 6.03 Å². The first kappa shape index (κ1) is 22.9. The molecule has 3 N–H and O–H groups in total. The number of halogens is 1. The number of fused-ring (bicyclic) bond motifs is 1. The Labute approximate surface area is 197 Å². The number of urea groups is 1. The smallest absolute Gasteiger partial charge is 0.322 e. The number of piperazine rings is 1. The van der Waals surface area contributed by atoms with E-state index in [0.717, 1.165) is 25.7 Å². The van der Waals surface area contributed by atoms with Gasteiger partial charge in [0, 0.05) is 16.8 Å². The number of ether oxygens (including phenoxy) is 1. The maximum atomic E-state index is 13.4. The van der Waals surface area contributed by atoms with Crippen molar-refractivity contribution in [3.05, 3.63) is 53.6 Å². The van der Waals surface area contributed by atoms with Crippen molar-refractivity contribution < 1.29 is 19.1 Å². The predicted octanol–water partition coefficient (Wildman–Crippen LogP) is 4.02. The number of hydrogen-bond acceptors (Lipinski definition) is 4. The van der Waals surface area contributed by atoms with Crippen LogP contribution in [0.2, 0.25) is 5.02 Å². The Bertz CT molecular complexity index is 1030. The molecule has 4 rings (SSSR count). The second-order valence-corrected chi connectivity index (χ2v) is 8.72. The van der Waals surface area contributed by atoms with E-state index in [1.807, 2.05) is 0 Å². The number of hydrogen-bond donors (Lipinski definition) is 3. The summed E-state index contributed by atoms with van der Waals surface area (Å²) in [4.78, 5) is 40.8. The number of benzene rings is 2. The van der Waals surface area contributed by atoms with Crippen molar-refractivity contribution in [1.29, 1.82) is 0 Å². The van der Waals surface area contributed by atoms with Crippen LogP contribution in [-0.4, -0.2) is 48.0 Å². The van der Waals surface area contributed by atoms with Crippen molar-refractivity contribution in [2.24, 2.45) is 0 Å². The molecule has 1 aliphatic heterocycles. The van der Waals surface area contributed by atoms with Crippen molar-refractivity contribution in [1.82, 2.24) is 10.2 Å². The van der Waals surface area contributed by atoms with Crippen LogP contribution in [0.4, 0.5) is 16.2 Å². The molecule has 0 unspecified atom stereocenters. The Morgan fingerprint density at radius 2 is 1.82 bits per heavy atom. The van der Waals surface area contributed by atoms with Gasteiger partial charge < -0.3 is 25.6 Å². The standard InChI is InChI=1S/C24H27ClN4O4/c1-33-21-9-5-3-7-18(21)27-22(30)14-20-23(31)28-17-6-2-4-8-19(17)29(20)24(32)26-16-12-10-15(25)11-13-16/h3,5,7,9-13,17,19-20H,2,4,6,8,14H2,1H3,(H,26,32)(H,27,30)(H,28,31)/t17-,19-,20+/m0/s1. The lowest BCUT2D eigenvalue weighted by atomic mass is 9.85. The first-order chi connectivity index (χ1) is 16.0. The molecule has 174 valence electrons. The second-order valence-electron chi connectivity index (χ2n) is 8.28. The van der Waals surface area contributed by atoms with Crippen molar-refractivity contribution in [2.45, 2.75) is 50.2 Å². The number of nitrogens with zero attached hydrogens (tertiary/aromatic N) is 1. The Kier molecular flexibility index (Phi) is 7.03. The molecule has 1 saturated carbocycles. The van der Waals surface area contributed by atoms with Crippen molar-refractivity contribution in [2.75, 3.05) is 17.7 Å². The largest absolute Gasteiger partial charge is 0.495 e. The van der Waals surface area contributed by atoms with E-state index in [-0.39, 0.29) is 30.3 Å². The molecule has 2 fully saturated rings. The summed E-state index contributed by atoms with van der Waals surface area (Å²) in [7, 11) is 1.52. The molecule has 1 saturated heterocycles. The molecule has 1 heterocycles. The minimum atomic E-state index is -0.925. The highest BCUT2D eigenvalue weighted by Crippen LogP contribution is 2.31. The van der Waals surface area contributed by atoms with Gasteiger partial charge in [-0.05, 0) is 49.2 Å². The zero-order chi connectivity index (χ0) is 23.4. The lowest BCUT2D eigenvalue weighted by Gasteiger charge is -2.47. The average Bonchev–Trinajstić information content (AvgIpc) is 2.81. The van der Waals surface area contributed by atoms with Gasteiger partial charge in [0.1, 0.15) is 11.8 Å². The maximum absolute atomic E-state index is 13.4. The molecule has 2 aliphatic rings. The van der Waals surface area contributed by atoms with E-state index in [1.54, 1.807) is 53.4 Å². The Balaban J connectivity index is 1.55. The minimum Gasteiger partial charge on any atom is -0.495 e. The van der Waals surface area contributed by atoms with Gasteiger partial charge in [-0.2, -0.15) is 0 Å². The summed E-state index contributed by atoms with van der Waals surface area (Å²) in [6.07, 6.45) is 3.36. The van der Waals surface area contributed by atoms with Crippen LogP contribution < -0.4 is 20.7 Å². The number of methoxy groups -OCH3 is 1. The minimum absolute atomic E-state index is 0.115. The van der Waals surface area contributed by atoms with Crippen LogP contribution in [0.3, 0.4) is 0 Å². The summed E-state index contributed by atoms with van der Waals surface area (Å²) >= 11 is 5.95. The SMILES string of the molecule is COc1ccccc1NC(=O)C[C@@H]1C(=O)N[C@H]2CCCC[C@@H]2N1C(=O)Nc1ccc(Cl)cc1. The van der Waals surface area contributed by atoms with E-state index in [0.29, 0.717) is 22.1 Å². The molecular formula is C24H27ClN4O4. The number of amides is 4. The van der Waals surface area contributed by atoms with Crippen molar-refractivity contribution in [3.8, 4) is 5.75 Å². The molecule has 0 bridgehead atoms. The lowest BCUT2D eigenvalue weighted by molar-refractivity contribution is -0.135. The fraction of sp³-hybridized carbons (Fsp3) is 0.375. The van der Waals surface area contributed by atoms with Gasteiger partial charge in [-0.25, -0.2) is 4.79 Å². The van der Waals surface area contributed by atoms with Gasteiger partial charge in [0.25, 0.3) is 0 Å². The number of nitrogens with one attached hydrogen (secondary N) is 3. The van der Waals surface area contributed by atoms with E-state index >= 15 is 0 Å². The second kappa shape index (κ2) is 10.1. The van der Waals surface area contributed by atoms with E-state index in [9.17, 15) is 14.4 Å². The van der Waals surface area contributed by atoms with Crippen LogP contribution in [-0.2, 0) is 9.59 Å². The molecule has 0 radical (unpaired) electrons. The fourth-order valence-electron chi connectivity index (χ4n) is 4.58. The normalized spacial score (nSPS) is 22.1. The van der Waals surface area contributed by atoms with E-state index in [2.05, 4.69) is 16.0 Å². The van der Waals surface area contributed by atoms with Crippen LogP contribution in [0.15, 0.2) is 48.5 Å². The van der Waals surface area contributed by atoms with Gasteiger partial charge in [-0.3, -0.25) is 9.59 Å². The number of carbonyl (C=O) groups excluding carboxylic acids is 3. The fourth-order valence-corrected chi connectivity index (χ4v) is 4.70. The number of carbonyl (C=O) groups is 3. The van der Waals surface area contributed by atoms with E-state index in [4.69, 9.17) is 16.3 Å². The van der Waals surface area contributed by atoms with E-state index in [1.165, 1.54) is 7.11 Å². The van der Waals surface area contributed by atoms with Gasteiger partial charge in [0.05, 0.1) is 25.3 Å². The molecule has 1 aliphatic carbocycles. The first-order valence-electron chi connectivity index (χ1n) is 11.0. The number of para-hydroxylation sites is 2. The molecule has 8 nitrogen and oxygen atoms in total. The van der Waals surface area contributed by atoms with Crippen LogP contribution in [0.25, 0.3) is 0 Å². The quantitative estimate of drug-likeness (QED) is 0.614. The maximum Gasteiger partial charge on any atom is 0.322 e. The molecule has 3 atom stereocenters. The number of rotatable bonds is 5. The molecule has 4 amide bonds. The molecule has 9 heteroatoms. The zero-order valence-electron chi connectivity index (χ0n) is 18.3. The zero-order valence-corrected chi connectivity index (χ0v) is 19.1. The van der Waals surface area contributed by atoms with Gasteiger partial charge in [0.15, 0.2) is 0 Å². The van der Waals surface area contributed by atoms with E-state index < -0.39 is 12.1 Å². The lowest BCUT2D eigenvalue weighted by Crippen LogP contribution is -2.68. The summed E-state index contributed by atoms with van der Waals surface area (Å²) in [6.45, 7) is 0. The van der Waals surface area contributed by atoms with Gasteiger partial charge in [0.2, 0.25) is 11.8 Å². The summed E-state index contributed by atoms with van der Waals surface area (Å²) in [5.41, 5.74) is 1.08. The summed E-state index contributed by atoms with van der Waals surface area (Å²) < 4.78 is 5.28. The third-order valence-corrected chi connectivity index (χ3v) is 6.39. The summed E-state index contributed by atoms with van der Waals surface area (Å²) in [5.74, 6) is -0.179. The van der Waals surface area contributed by atoms with Crippen molar-refractivity contribution >= 4 is 40.8 Å². The molecule has 2 aromatic carbocycles. The highest BCUT2D eigenvalue weighted by atomic mass is 35.5. The first-order valence-corrected chi connectivity index (χ1v) is 11.4. The average molecular weight is 471 g/mol. The summed E-state index contributed by atoms with van der Waals surface area (Å²) in [6, 6.07) is 12.2. The molecule has 0 spiro atoms. The van der Waals surface area contributed by atoms with Gasteiger partial charge in [-0.1, -0.05) is 36.6 Å². The number of anilines is 2. The molecule has 0 aromatic heterocycles.